The molecule has 102 valence electrons. The average Bonchev–Trinajstić information content (AvgIpc) is 2.46. The van der Waals surface area contributed by atoms with Gasteiger partial charge < -0.3 is 9.84 Å². The maximum atomic E-state index is 11.2. The lowest BCUT2D eigenvalue weighted by molar-refractivity contribution is 0.0693. The summed E-state index contributed by atoms with van der Waals surface area (Å²) < 4.78 is 6.38. The van der Waals surface area contributed by atoms with Crippen LogP contribution >= 0.6 is 23.5 Å². The summed E-state index contributed by atoms with van der Waals surface area (Å²) in [6.45, 7) is 2.05. The van der Waals surface area contributed by atoms with Crippen LogP contribution in [-0.2, 0) is 0 Å². The second-order valence-electron chi connectivity index (χ2n) is 4.18. The molecule has 0 unspecified atom stereocenters. The lowest BCUT2D eigenvalue weighted by Gasteiger charge is -2.16. The van der Waals surface area contributed by atoms with Crippen molar-refractivity contribution in [3.05, 3.63) is 33.6 Å². The van der Waals surface area contributed by atoms with Gasteiger partial charge >= 0.3 is 5.97 Å². The third kappa shape index (κ3) is 3.28. The molecule has 1 aromatic rings. The fourth-order valence-corrected chi connectivity index (χ4v) is 4.51. The molecular formula is C14H16O3S2. The Morgan fingerprint density at radius 3 is 2.58 bits per heavy atom. The van der Waals surface area contributed by atoms with Gasteiger partial charge in [0.05, 0.1) is 7.11 Å². The first-order valence-electron chi connectivity index (χ1n) is 6.01. The van der Waals surface area contributed by atoms with Gasteiger partial charge in [-0.25, -0.2) is 4.79 Å². The fourth-order valence-electron chi connectivity index (χ4n) is 1.87. The number of carboxylic acid groups (broad SMARTS) is 1. The largest absolute Gasteiger partial charge is 0.496 e. The summed E-state index contributed by atoms with van der Waals surface area (Å²) in [6, 6.07) is 5.34. The second kappa shape index (κ2) is 6.39. The topological polar surface area (TPSA) is 46.5 Å². The Hall–Kier alpha value is -1.07. The van der Waals surface area contributed by atoms with Crippen molar-refractivity contribution in [1.82, 2.24) is 0 Å². The van der Waals surface area contributed by atoms with E-state index in [2.05, 4.69) is 0 Å². The second-order valence-corrected chi connectivity index (χ2v) is 6.65. The van der Waals surface area contributed by atoms with Crippen molar-refractivity contribution < 1.29 is 14.6 Å². The maximum absolute atomic E-state index is 11.2. The van der Waals surface area contributed by atoms with Gasteiger partial charge in [0.25, 0.3) is 0 Å². The first kappa shape index (κ1) is 14.3. The molecule has 3 nitrogen and oxygen atoms in total. The van der Waals surface area contributed by atoms with E-state index in [0.29, 0.717) is 5.75 Å². The lowest BCUT2D eigenvalue weighted by Crippen LogP contribution is -2.02. The number of carboxylic acids is 1. The Kier molecular flexibility index (Phi) is 4.82. The monoisotopic (exact) mass is 296 g/mol. The molecule has 19 heavy (non-hydrogen) atoms. The zero-order valence-corrected chi connectivity index (χ0v) is 12.6. The van der Waals surface area contributed by atoms with Gasteiger partial charge in [-0.2, -0.15) is 0 Å². The molecule has 0 aromatic heterocycles. The van der Waals surface area contributed by atoms with Gasteiger partial charge in [0, 0.05) is 4.24 Å². The minimum Gasteiger partial charge on any atom is -0.496 e. The van der Waals surface area contributed by atoms with Crippen molar-refractivity contribution in [3.8, 4) is 5.75 Å². The minimum absolute atomic E-state index is 0.214. The van der Waals surface area contributed by atoms with E-state index in [1.54, 1.807) is 12.1 Å². The number of thioether (sulfide) groups is 2. The van der Waals surface area contributed by atoms with Crippen LogP contribution in [0.4, 0.5) is 0 Å². The highest BCUT2D eigenvalue weighted by Crippen LogP contribution is 2.40. The van der Waals surface area contributed by atoms with Crippen molar-refractivity contribution in [1.29, 1.82) is 0 Å². The molecule has 1 aliphatic heterocycles. The Morgan fingerprint density at radius 2 is 2.00 bits per heavy atom. The molecule has 0 amide bonds. The maximum Gasteiger partial charge on any atom is 0.339 e. The van der Waals surface area contributed by atoms with E-state index in [4.69, 9.17) is 4.74 Å². The quantitative estimate of drug-likeness (QED) is 0.915. The van der Waals surface area contributed by atoms with Crippen molar-refractivity contribution in [3.63, 3.8) is 0 Å². The van der Waals surface area contributed by atoms with Crippen LogP contribution in [-0.4, -0.2) is 29.7 Å². The lowest BCUT2D eigenvalue weighted by atomic mass is 10.0. The van der Waals surface area contributed by atoms with Gasteiger partial charge in [-0.15, -0.1) is 23.5 Å². The Labute approximate surface area is 121 Å². The Bertz CT molecular complexity index is 515. The highest BCUT2D eigenvalue weighted by atomic mass is 32.2. The SMILES string of the molecule is COc1ccc(C(C)=C2SCCCS2)cc1C(=O)O. The molecule has 0 atom stereocenters. The fraction of sp³-hybridized carbons (Fsp3) is 0.357. The number of rotatable bonds is 3. The van der Waals surface area contributed by atoms with E-state index in [-0.39, 0.29) is 5.56 Å². The molecule has 0 spiro atoms. The van der Waals surface area contributed by atoms with E-state index in [1.807, 2.05) is 36.5 Å². The number of benzene rings is 1. The Morgan fingerprint density at radius 1 is 1.32 bits per heavy atom. The van der Waals surface area contributed by atoms with Crippen LogP contribution in [0.3, 0.4) is 0 Å². The molecule has 0 saturated carbocycles. The number of aromatic carboxylic acids is 1. The van der Waals surface area contributed by atoms with Crippen LogP contribution in [0.1, 0.15) is 29.3 Å². The van der Waals surface area contributed by atoms with Crippen LogP contribution in [0.15, 0.2) is 22.4 Å². The number of hydrogen-bond acceptors (Lipinski definition) is 4. The predicted octanol–water partition coefficient (Wildman–Crippen LogP) is 3.95. The van der Waals surface area contributed by atoms with Gasteiger partial charge in [-0.1, -0.05) is 6.07 Å². The average molecular weight is 296 g/mol. The van der Waals surface area contributed by atoms with Crippen LogP contribution in [0, 0.1) is 0 Å². The van der Waals surface area contributed by atoms with Crippen LogP contribution in [0.25, 0.3) is 5.57 Å². The number of carbonyl (C=O) groups is 1. The summed E-state index contributed by atoms with van der Waals surface area (Å²) in [5, 5.41) is 9.21. The van der Waals surface area contributed by atoms with E-state index in [0.717, 1.165) is 22.6 Å². The van der Waals surface area contributed by atoms with Crippen LogP contribution in [0.5, 0.6) is 5.75 Å². The third-order valence-corrected chi connectivity index (χ3v) is 5.75. The normalized spacial score (nSPS) is 15.2. The third-order valence-electron chi connectivity index (χ3n) is 2.92. The van der Waals surface area contributed by atoms with Gasteiger partial charge in [0.2, 0.25) is 0 Å². The molecular weight excluding hydrogens is 280 g/mol. The smallest absolute Gasteiger partial charge is 0.339 e. The highest BCUT2D eigenvalue weighted by molar-refractivity contribution is 8.23. The summed E-state index contributed by atoms with van der Waals surface area (Å²) in [6.07, 6.45) is 1.23. The first-order chi connectivity index (χ1) is 9.13. The summed E-state index contributed by atoms with van der Waals surface area (Å²) in [5.41, 5.74) is 2.32. The van der Waals surface area contributed by atoms with Crippen molar-refractivity contribution >= 4 is 35.1 Å². The summed E-state index contributed by atoms with van der Waals surface area (Å²) >= 11 is 3.71. The van der Waals surface area contributed by atoms with Crippen LogP contribution < -0.4 is 4.74 Å². The first-order valence-corrected chi connectivity index (χ1v) is 7.98. The van der Waals surface area contributed by atoms with Gasteiger partial charge in [0.1, 0.15) is 11.3 Å². The molecule has 0 aliphatic carbocycles. The van der Waals surface area contributed by atoms with E-state index < -0.39 is 5.97 Å². The van der Waals surface area contributed by atoms with Crippen molar-refractivity contribution in [2.75, 3.05) is 18.6 Å². The number of ether oxygens (including phenoxy) is 1. The molecule has 1 fully saturated rings. The summed E-state index contributed by atoms with van der Waals surface area (Å²) in [7, 11) is 1.49. The van der Waals surface area contributed by atoms with E-state index in [9.17, 15) is 9.90 Å². The highest BCUT2D eigenvalue weighted by Gasteiger charge is 2.15. The van der Waals surface area contributed by atoms with Gasteiger partial charge in [-0.05, 0) is 48.1 Å². The molecule has 1 saturated heterocycles. The number of allylic oxidation sites excluding steroid dienone is 1. The van der Waals surface area contributed by atoms with Crippen molar-refractivity contribution in [2.24, 2.45) is 0 Å². The number of hydrogen-bond donors (Lipinski definition) is 1. The Balaban J connectivity index is 2.40. The summed E-state index contributed by atoms with van der Waals surface area (Å²) in [5.74, 6) is 1.72. The zero-order chi connectivity index (χ0) is 13.8. The van der Waals surface area contributed by atoms with E-state index >= 15 is 0 Å². The predicted molar refractivity (Wildman–Crippen MR) is 82.1 cm³/mol. The minimum atomic E-state index is -0.958. The number of methoxy groups -OCH3 is 1. The zero-order valence-electron chi connectivity index (χ0n) is 10.9. The molecule has 2 rings (SSSR count). The molecule has 1 N–H and O–H groups in total. The standard InChI is InChI=1S/C14H16O3S2/c1-9(14-18-6-3-7-19-14)10-4-5-12(17-2)11(8-10)13(15)16/h4-5,8H,3,6-7H2,1-2H3,(H,15,16). The molecule has 5 heteroatoms. The molecule has 0 bridgehead atoms. The summed E-state index contributed by atoms with van der Waals surface area (Å²) in [4.78, 5) is 11.2. The molecule has 1 aromatic carbocycles. The van der Waals surface area contributed by atoms with Crippen molar-refractivity contribution in [2.45, 2.75) is 13.3 Å². The van der Waals surface area contributed by atoms with Gasteiger partial charge in [-0.3, -0.25) is 0 Å². The van der Waals surface area contributed by atoms with Gasteiger partial charge in [0.15, 0.2) is 0 Å². The molecule has 1 heterocycles. The van der Waals surface area contributed by atoms with E-state index in [1.165, 1.54) is 17.8 Å². The van der Waals surface area contributed by atoms with Crippen LogP contribution in [0.2, 0.25) is 0 Å². The molecule has 0 radical (unpaired) electrons. The molecule has 1 aliphatic rings.